The number of hydrogen-bond acceptors (Lipinski definition) is 4. The molecule has 0 fully saturated rings. The molecule has 0 aliphatic heterocycles. The molecule has 0 amide bonds. The van der Waals surface area contributed by atoms with Gasteiger partial charge in [0.25, 0.3) is 0 Å². The lowest BCUT2D eigenvalue weighted by molar-refractivity contribution is 0.0697. The summed E-state index contributed by atoms with van der Waals surface area (Å²) in [7, 11) is 1.84. The molecule has 5 nitrogen and oxygen atoms in total. The summed E-state index contributed by atoms with van der Waals surface area (Å²) in [4.78, 5) is 18.3. The maximum atomic E-state index is 14.2. The minimum absolute atomic E-state index is 0.119. The summed E-state index contributed by atoms with van der Waals surface area (Å²) in [5.41, 5.74) is 0.882. The molecule has 0 atom stereocenters. The van der Waals surface area contributed by atoms with Crippen molar-refractivity contribution in [1.29, 1.82) is 0 Å². The summed E-state index contributed by atoms with van der Waals surface area (Å²) in [6.07, 6.45) is 1.83. The fraction of sp³-hybridized carbons (Fsp3) is 0.478. The summed E-state index contributed by atoms with van der Waals surface area (Å²) >= 11 is 0. The average Bonchev–Trinajstić information content (AvgIpc) is 2.64. The van der Waals surface area contributed by atoms with E-state index in [1.807, 2.05) is 25.8 Å². The Balaban J connectivity index is 2.51. The lowest BCUT2D eigenvalue weighted by atomic mass is 9.96. The fourth-order valence-electron chi connectivity index (χ4n) is 3.15. The Morgan fingerprint density at radius 2 is 1.97 bits per heavy atom. The predicted molar refractivity (Wildman–Crippen MR) is 114 cm³/mol. The minimum Gasteiger partial charge on any atom is -0.493 e. The van der Waals surface area contributed by atoms with E-state index < -0.39 is 11.8 Å². The van der Waals surface area contributed by atoms with Crippen LogP contribution >= 0.6 is 0 Å². The molecule has 29 heavy (non-hydrogen) atoms. The van der Waals surface area contributed by atoms with Crippen LogP contribution in [0.2, 0.25) is 0 Å². The first kappa shape index (κ1) is 22.7. The van der Waals surface area contributed by atoms with E-state index in [-0.39, 0.29) is 11.1 Å². The molecule has 0 saturated heterocycles. The molecule has 0 aliphatic rings. The lowest BCUT2D eigenvalue weighted by Crippen LogP contribution is -2.42. The Morgan fingerprint density at radius 3 is 2.55 bits per heavy atom. The number of aromatic carboxylic acids is 1. The van der Waals surface area contributed by atoms with Crippen LogP contribution in [0.25, 0.3) is 11.3 Å². The third-order valence-electron chi connectivity index (χ3n) is 4.94. The highest BCUT2D eigenvalue weighted by Gasteiger charge is 2.27. The highest BCUT2D eigenvalue weighted by molar-refractivity contribution is 5.94. The average molecular weight is 403 g/mol. The Bertz CT molecular complexity index is 865. The largest absolute Gasteiger partial charge is 0.493 e. The van der Waals surface area contributed by atoms with Crippen molar-refractivity contribution in [3.63, 3.8) is 0 Å². The number of rotatable bonds is 9. The number of anilines is 1. The Kier molecular flexibility index (Phi) is 7.22. The number of halogens is 1. The molecule has 1 aromatic heterocycles. The molecule has 0 unspecified atom stereocenters. The molecule has 1 aromatic carbocycles. The first-order valence-electron chi connectivity index (χ1n) is 9.97. The third kappa shape index (κ3) is 5.68. The van der Waals surface area contributed by atoms with Gasteiger partial charge in [0.1, 0.15) is 22.9 Å². The molecule has 2 rings (SSSR count). The van der Waals surface area contributed by atoms with Crippen molar-refractivity contribution in [2.24, 2.45) is 5.92 Å². The zero-order chi connectivity index (χ0) is 21.8. The molecule has 0 radical (unpaired) electrons. The van der Waals surface area contributed by atoms with Gasteiger partial charge in [-0.15, -0.1) is 0 Å². The van der Waals surface area contributed by atoms with Gasteiger partial charge < -0.3 is 14.7 Å². The number of benzene rings is 1. The molecule has 6 heteroatoms. The van der Waals surface area contributed by atoms with E-state index in [0.29, 0.717) is 35.3 Å². The van der Waals surface area contributed by atoms with Gasteiger partial charge in [0.15, 0.2) is 0 Å². The molecule has 0 bridgehead atoms. The van der Waals surface area contributed by atoms with E-state index in [9.17, 15) is 14.3 Å². The Morgan fingerprint density at radius 1 is 1.28 bits per heavy atom. The van der Waals surface area contributed by atoms with Crippen LogP contribution in [0.5, 0.6) is 5.75 Å². The number of ether oxygens (including phenoxy) is 1. The van der Waals surface area contributed by atoms with E-state index in [4.69, 9.17) is 4.74 Å². The molecule has 158 valence electrons. The van der Waals surface area contributed by atoms with Gasteiger partial charge in [-0.3, -0.25) is 0 Å². The molecule has 1 heterocycles. The number of hydrogen-bond donors (Lipinski definition) is 1. The van der Waals surface area contributed by atoms with E-state index in [1.54, 1.807) is 12.1 Å². The van der Waals surface area contributed by atoms with Gasteiger partial charge in [0.05, 0.1) is 12.3 Å². The van der Waals surface area contributed by atoms with Gasteiger partial charge in [-0.05, 0) is 50.5 Å². The molecule has 0 saturated carbocycles. The number of nitrogens with zero attached hydrogens (tertiary/aromatic N) is 2. The number of pyridine rings is 1. The number of carboxylic acids is 1. The summed E-state index contributed by atoms with van der Waals surface area (Å²) in [5, 5.41) is 9.64. The third-order valence-corrected chi connectivity index (χ3v) is 4.94. The first-order chi connectivity index (χ1) is 13.5. The minimum atomic E-state index is -1.04. The first-order valence-corrected chi connectivity index (χ1v) is 9.97. The van der Waals surface area contributed by atoms with Gasteiger partial charge in [0.2, 0.25) is 0 Å². The Hall–Kier alpha value is -2.63. The Labute approximate surface area is 172 Å². The van der Waals surface area contributed by atoms with Crippen LogP contribution in [-0.2, 0) is 0 Å². The highest BCUT2D eigenvalue weighted by Crippen LogP contribution is 2.31. The molecular formula is C23H31FN2O3. The second-order valence-corrected chi connectivity index (χ2v) is 8.37. The predicted octanol–water partition coefficient (Wildman–Crippen LogP) is 5.64. The van der Waals surface area contributed by atoms with Crippen LogP contribution in [0.3, 0.4) is 0 Å². The van der Waals surface area contributed by atoms with Crippen LogP contribution in [-0.4, -0.2) is 35.3 Å². The van der Waals surface area contributed by atoms with Crippen LogP contribution < -0.4 is 9.64 Å². The quantitative estimate of drug-likeness (QED) is 0.588. The number of carbonyl (C=O) groups is 1. The van der Waals surface area contributed by atoms with Crippen molar-refractivity contribution >= 4 is 11.8 Å². The smallest absolute Gasteiger partial charge is 0.339 e. The summed E-state index contributed by atoms with van der Waals surface area (Å²) < 4.78 is 19.8. The van der Waals surface area contributed by atoms with Gasteiger partial charge >= 0.3 is 5.97 Å². The van der Waals surface area contributed by atoms with Crippen LogP contribution in [0.15, 0.2) is 30.3 Å². The fourth-order valence-corrected chi connectivity index (χ4v) is 3.15. The second kappa shape index (κ2) is 9.25. The van der Waals surface area contributed by atoms with Crippen LogP contribution in [0.1, 0.15) is 57.8 Å². The maximum Gasteiger partial charge on any atom is 0.339 e. The summed E-state index contributed by atoms with van der Waals surface area (Å²) in [6, 6.07) is 7.59. The van der Waals surface area contributed by atoms with Crippen LogP contribution in [0, 0.1) is 11.7 Å². The zero-order valence-corrected chi connectivity index (χ0v) is 18.1. The topological polar surface area (TPSA) is 62.7 Å². The molecule has 1 N–H and O–H groups in total. The van der Waals surface area contributed by atoms with E-state index >= 15 is 0 Å². The van der Waals surface area contributed by atoms with Gasteiger partial charge in [-0.2, -0.15) is 0 Å². The van der Waals surface area contributed by atoms with E-state index in [0.717, 1.165) is 12.8 Å². The normalized spacial score (nSPS) is 11.6. The molecule has 2 aromatic rings. The molecular weight excluding hydrogens is 371 g/mol. The van der Waals surface area contributed by atoms with Crippen molar-refractivity contribution in [2.45, 2.75) is 53.0 Å². The molecule has 0 aliphatic carbocycles. The van der Waals surface area contributed by atoms with Crippen molar-refractivity contribution in [3.05, 3.63) is 41.7 Å². The SMILES string of the molecule is CCCC(C)(C)N(C)c1nc(-c2cc(F)cc(OCC(C)C)c2)ccc1C(=O)O. The monoisotopic (exact) mass is 402 g/mol. The second-order valence-electron chi connectivity index (χ2n) is 8.37. The maximum absolute atomic E-state index is 14.2. The van der Waals surface area contributed by atoms with E-state index in [2.05, 4.69) is 25.8 Å². The van der Waals surface area contributed by atoms with Crippen LogP contribution in [0.4, 0.5) is 10.2 Å². The van der Waals surface area contributed by atoms with Crippen molar-refractivity contribution in [2.75, 3.05) is 18.6 Å². The summed E-state index contributed by atoms with van der Waals surface area (Å²) in [6.45, 7) is 10.7. The number of carboxylic acid groups (broad SMARTS) is 1. The van der Waals surface area contributed by atoms with Crippen molar-refractivity contribution in [3.8, 4) is 17.0 Å². The summed E-state index contributed by atoms with van der Waals surface area (Å²) in [5.74, 6) is -0.359. The zero-order valence-electron chi connectivity index (χ0n) is 18.1. The lowest BCUT2D eigenvalue weighted by Gasteiger charge is -2.37. The standard InChI is InChI=1S/C23H31FN2O3/c1-7-10-23(4,5)26(6)21-19(22(27)28)8-9-20(25-21)16-11-17(24)13-18(12-16)29-14-15(2)3/h8-9,11-13,15H,7,10,14H2,1-6H3,(H,27,28). The number of aromatic nitrogens is 1. The molecule has 0 spiro atoms. The highest BCUT2D eigenvalue weighted by atomic mass is 19.1. The van der Waals surface area contributed by atoms with Crippen molar-refractivity contribution < 1.29 is 19.0 Å². The van der Waals surface area contributed by atoms with Gasteiger partial charge in [0, 0.05) is 24.2 Å². The van der Waals surface area contributed by atoms with Gasteiger partial charge in [-0.1, -0.05) is 27.2 Å². The van der Waals surface area contributed by atoms with Crippen molar-refractivity contribution in [1.82, 2.24) is 4.98 Å². The van der Waals surface area contributed by atoms with Gasteiger partial charge in [-0.25, -0.2) is 14.2 Å². The van der Waals surface area contributed by atoms with E-state index in [1.165, 1.54) is 18.2 Å².